The number of nitrogens with one attached hydrogen (secondary N) is 2. The van der Waals surface area contributed by atoms with Crippen molar-refractivity contribution < 1.29 is 4.79 Å². The molecule has 1 aromatic rings. The van der Waals surface area contributed by atoms with E-state index in [0.29, 0.717) is 0 Å². The van der Waals surface area contributed by atoms with E-state index >= 15 is 0 Å². The maximum atomic E-state index is 11.8. The van der Waals surface area contributed by atoms with Gasteiger partial charge in [-0.1, -0.05) is 12.1 Å². The Morgan fingerprint density at radius 2 is 2.00 bits per heavy atom. The zero-order valence-electron chi connectivity index (χ0n) is 13.1. The molecule has 114 valence electrons. The van der Waals surface area contributed by atoms with Crippen LogP contribution in [0.25, 0.3) is 0 Å². The van der Waals surface area contributed by atoms with Gasteiger partial charge in [-0.2, -0.15) is 17.0 Å². The molecule has 0 saturated carbocycles. The summed E-state index contributed by atoms with van der Waals surface area (Å²) in [5.74, 6) is 1.03. The molecule has 0 spiro atoms. The van der Waals surface area contributed by atoms with E-state index in [1.54, 1.807) is 11.8 Å². The van der Waals surface area contributed by atoms with Gasteiger partial charge in [0.05, 0.1) is 11.5 Å². The molecule has 5 heteroatoms. The third-order valence-corrected chi connectivity index (χ3v) is 3.92. The van der Waals surface area contributed by atoms with Crippen molar-refractivity contribution in [3.05, 3.63) is 29.8 Å². The van der Waals surface area contributed by atoms with Crippen molar-refractivity contribution >= 4 is 23.5 Å². The van der Waals surface area contributed by atoms with Crippen molar-refractivity contribution in [2.45, 2.75) is 38.6 Å². The van der Waals surface area contributed by atoms with Gasteiger partial charge in [0, 0.05) is 11.7 Å². The highest BCUT2D eigenvalue weighted by Gasteiger charge is 2.19. The first-order valence-corrected chi connectivity index (χ1v) is 8.36. The number of rotatable bonds is 6. The Bertz CT molecular complexity index is 505. The van der Waals surface area contributed by atoms with Crippen LogP contribution >= 0.6 is 11.8 Å². The molecule has 1 aromatic carbocycles. The zero-order chi connectivity index (χ0) is 15.9. The van der Waals surface area contributed by atoms with Crippen molar-refractivity contribution in [1.82, 2.24) is 5.32 Å². The Balaban J connectivity index is 2.56. The summed E-state index contributed by atoms with van der Waals surface area (Å²) in [5.41, 5.74) is 1.14. The molecular formula is C16H23N3OS. The van der Waals surface area contributed by atoms with Crippen molar-refractivity contribution in [3.63, 3.8) is 0 Å². The summed E-state index contributed by atoms with van der Waals surface area (Å²) in [7, 11) is 0. The van der Waals surface area contributed by atoms with Gasteiger partial charge in [-0.25, -0.2) is 4.79 Å². The van der Waals surface area contributed by atoms with Gasteiger partial charge in [-0.05, 0) is 56.9 Å². The molecule has 0 fully saturated rings. The number of urea groups is 1. The molecule has 0 unspecified atom stereocenters. The molecule has 4 nitrogen and oxygen atoms in total. The lowest BCUT2D eigenvalue weighted by Crippen LogP contribution is -2.36. The smallest absolute Gasteiger partial charge is 0.319 e. The van der Waals surface area contributed by atoms with Gasteiger partial charge in [-0.15, -0.1) is 0 Å². The number of carbonyl (C=O) groups is 1. The minimum Gasteiger partial charge on any atom is -0.335 e. The number of hydrogen-bond acceptors (Lipinski definition) is 3. The number of amides is 2. The summed E-state index contributed by atoms with van der Waals surface area (Å²) in [6.07, 6.45) is 3.00. The van der Waals surface area contributed by atoms with Crippen LogP contribution in [0.2, 0.25) is 0 Å². The average molecular weight is 305 g/mol. The standard InChI is InChI=1S/C16H23N3OS/c1-12(9-10-21-4)18-15(20)19-14-7-5-13(6-8-14)16(2,3)11-17/h5-8,12H,9-10H2,1-4H3,(H2,18,19,20)/t12-/m1/s1. The van der Waals surface area contributed by atoms with Gasteiger partial charge < -0.3 is 10.6 Å². The van der Waals surface area contributed by atoms with Crippen LogP contribution in [0.3, 0.4) is 0 Å². The summed E-state index contributed by atoms with van der Waals surface area (Å²) in [4.78, 5) is 11.8. The van der Waals surface area contributed by atoms with Crippen LogP contribution < -0.4 is 10.6 Å². The fraction of sp³-hybridized carbons (Fsp3) is 0.500. The number of thioether (sulfide) groups is 1. The number of benzene rings is 1. The van der Waals surface area contributed by atoms with Gasteiger partial charge in [-0.3, -0.25) is 0 Å². The predicted molar refractivity (Wildman–Crippen MR) is 89.7 cm³/mol. The fourth-order valence-corrected chi connectivity index (χ4v) is 2.38. The topological polar surface area (TPSA) is 64.9 Å². The Kier molecular flexibility index (Phi) is 6.57. The number of carbonyl (C=O) groups excluding carboxylic acids is 1. The summed E-state index contributed by atoms with van der Waals surface area (Å²) >= 11 is 1.77. The van der Waals surface area contributed by atoms with Gasteiger partial charge >= 0.3 is 6.03 Å². The average Bonchev–Trinajstić information content (AvgIpc) is 2.45. The Labute approximate surface area is 131 Å². The van der Waals surface area contributed by atoms with Crippen LogP contribution in [-0.2, 0) is 5.41 Å². The second-order valence-electron chi connectivity index (χ2n) is 5.60. The predicted octanol–water partition coefficient (Wildman–Crippen LogP) is 3.75. The monoisotopic (exact) mass is 305 g/mol. The first-order valence-electron chi connectivity index (χ1n) is 6.97. The van der Waals surface area contributed by atoms with Crippen LogP contribution in [0.4, 0.5) is 10.5 Å². The minimum absolute atomic E-state index is 0.147. The Morgan fingerprint density at radius 1 is 1.38 bits per heavy atom. The second-order valence-corrected chi connectivity index (χ2v) is 6.58. The lowest BCUT2D eigenvalue weighted by Gasteiger charge is -2.17. The van der Waals surface area contributed by atoms with E-state index in [1.165, 1.54) is 0 Å². The Hall–Kier alpha value is -1.67. The molecule has 1 atom stereocenters. The number of nitriles is 1. The molecule has 0 aliphatic rings. The second kappa shape index (κ2) is 7.94. The van der Waals surface area contributed by atoms with Gasteiger partial charge in [0.1, 0.15) is 0 Å². The minimum atomic E-state index is -0.521. The van der Waals surface area contributed by atoms with E-state index in [0.717, 1.165) is 23.4 Å². The van der Waals surface area contributed by atoms with Gasteiger partial charge in [0.2, 0.25) is 0 Å². The Morgan fingerprint density at radius 3 is 2.52 bits per heavy atom. The summed E-state index contributed by atoms with van der Waals surface area (Å²) < 4.78 is 0. The third kappa shape index (κ3) is 5.68. The maximum absolute atomic E-state index is 11.8. The molecule has 0 aliphatic heterocycles. The first kappa shape index (κ1) is 17.4. The highest BCUT2D eigenvalue weighted by molar-refractivity contribution is 7.98. The molecule has 0 bridgehead atoms. The quantitative estimate of drug-likeness (QED) is 0.841. The molecule has 0 aliphatic carbocycles. The van der Waals surface area contributed by atoms with Crippen molar-refractivity contribution in [2.75, 3.05) is 17.3 Å². The van der Waals surface area contributed by atoms with E-state index < -0.39 is 5.41 Å². The largest absolute Gasteiger partial charge is 0.335 e. The van der Waals surface area contributed by atoms with E-state index in [2.05, 4.69) is 23.0 Å². The first-order chi connectivity index (χ1) is 9.89. The third-order valence-electron chi connectivity index (χ3n) is 3.28. The van der Waals surface area contributed by atoms with Crippen LogP contribution in [0.15, 0.2) is 24.3 Å². The van der Waals surface area contributed by atoms with Crippen molar-refractivity contribution in [3.8, 4) is 6.07 Å². The van der Waals surface area contributed by atoms with E-state index in [9.17, 15) is 4.79 Å². The van der Waals surface area contributed by atoms with E-state index in [1.807, 2.05) is 45.0 Å². The fourth-order valence-electron chi connectivity index (χ4n) is 1.79. The SMILES string of the molecule is CSCC[C@@H](C)NC(=O)Nc1ccc(C(C)(C)C#N)cc1. The summed E-state index contributed by atoms with van der Waals surface area (Å²) in [6, 6.07) is 9.59. The highest BCUT2D eigenvalue weighted by atomic mass is 32.2. The van der Waals surface area contributed by atoms with Gasteiger partial charge in [0.15, 0.2) is 0 Å². The molecular weight excluding hydrogens is 282 g/mol. The van der Waals surface area contributed by atoms with Gasteiger partial charge in [0.25, 0.3) is 0 Å². The summed E-state index contributed by atoms with van der Waals surface area (Å²) in [5, 5.41) is 14.8. The molecule has 2 amide bonds. The molecule has 0 aromatic heterocycles. The molecule has 2 N–H and O–H groups in total. The zero-order valence-corrected chi connectivity index (χ0v) is 13.9. The van der Waals surface area contributed by atoms with E-state index in [-0.39, 0.29) is 12.1 Å². The number of nitrogens with zero attached hydrogens (tertiary/aromatic N) is 1. The molecule has 21 heavy (non-hydrogen) atoms. The lowest BCUT2D eigenvalue weighted by atomic mass is 9.86. The molecule has 0 saturated heterocycles. The van der Waals surface area contributed by atoms with Crippen LogP contribution in [-0.4, -0.2) is 24.1 Å². The molecule has 0 heterocycles. The van der Waals surface area contributed by atoms with Crippen LogP contribution in [0.5, 0.6) is 0 Å². The van der Waals surface area contributed by atoms with Crippen LogP contribution in [0.1, 0.15) is 32.8 Å². The van der Waals surface area contributed by atoms with Crippen molar-refractivity contribution in [2.24, 2.45) is 0 Å². The molecule has 0 radical (unpaired) electrons. The maximum Gasteiger partial charge on any atom is 0.319 e. The highest BCUT2D eigenvalue weighted by Crippen LogP contribution is 2.23. The normalized spacial score (nSPS) is 12.3. The molecule has 1 rings (SSSR count). The van der Waals surface area contributed by atoms with E-state index in [4.69, 9.17) is 5.26 Å². The summed E-state index contributed by atoms with van der Waals surface area (Å²) in [6.45, 7) is 5.74. The number of anilines is 1. The lowest BCUT2D eigenvalue weighted by molar-refractivity contribution is 0.249. The number of hydrogen-bond donors (Lipinski definition) is 2. The van der Waals surface area contributed by atoms with Crippen molar-refractivity contribution in [1.29, 1.82) is 5.26 Å². The van der Waals surface area contributed by atoms with Crippen LogP contribution in [0, 0.1) is 11.3 Å².